The van der Waals surface area contributed by atoms with E-state index in [1.54, 1.807) is 29.2 Å². The summed E-state index contributed by atoms with van der Waals surface area (Å²) in [6.07, 6.45) is 0.770. The molecular formula is C26H25ClN6O4S. The Morgan fingerprint density at radius 1 is 1.24 bits per heavy atom. The molecular weight excluding hydrogens is 528 g/mol. The van der Waals surface area contributed by atoms with Crippen LogP contribution in [0.15, 0.2) is 52.3 Å². The SMILES string of the molecule is Cc1csc([C@H]2CCCN2C(=O)c2cc(Cl)nc(-c3nnc([C@@](C)(Cc4ccccc4)NC(=O)O)o3)c2)n1. The first-order chi connectivity index (χ1) is 18.2. The Labute approximate surface area is 227 Å². The van der Waals surface area contributed by atoms with E-state index in [0.29, 0.717) is 12.1 Å². The molecule has 1 saturated heterocycles. The molecule has 12 heteroatoms. The number of hydrogen-bond acceptors (Lipinski definition) is 8. The summed E-state index contributed by atoms with van der Waals surface area (Å²) in [5.41, 5.74) is 1.17. The van der Waals surface area contributed by atoms with Gasteiger partial charge in [-0.1, -0.05) is 41.9 Å². The Morgan fingerprint density at radius 2 is 2.03 bits per heavy atom. The summed E-state index contributed by atoms with van der Waals surface area (Å²) in [5.74, 6) is -0.101. The number of amides is 2. The molecule has 1 fully saturated rings. The van der Waals surface area contributed by atoms with Crippen molar-refractivity contribution < 1.29 is 19.1 Å². The van der Waals surface area contributed by atoms with Crippen LogP contribution in [-0.2, 0) is 12.0 Å². The van der Waals surface area contributed by atoms with Gasteiger partial charge < -0.3 is 19.7 Å². The molecule has 1 aliphatic heterocycles. The summed E-state index contributed by atoms with van der Waals surface area (Å²) in [6, 6.07) is 12.4. The van der Waals surface area contributed by atoms with Gasteiger partial charge in [0, 0.05) is 29.6 Å². The van der Waals surface area contributed by atoms with Crippen molar-refractivity contribution in [2.24, 2.45) is 0 Å². The maximum absolute atomic E-state index is 13.5. The number of carbonyl (C=O) groups is 2. The average Bonchev–Trinajstić information content (AvgIpc) is 3.64. The molecule has 10 nitrogen and oxygen atoms in total. The van der Waals surface area contributed by atoms with Gasteiger partial charge in [-0.05, 0) is 44.4 Å². The van der Waals surface area contributed by atoms with Crippen LogP contribution in [0.2, 0.25) is 5.15 Å². The molecule has 4 aromatic rings. The van der Waals surface area contributed by atoms with Crippen molar-refractivity contribution in [3.63, 3.8) is 0 Å². The number of halogens is 1. The van der Waals surface area contributed by atoms with Gasteiger partial charge in [-0.15, -0.1) is 21.5 Å². The third-order valence-corrected chi connectivity index (χ3v) is 7.63. The first kappa shape index (κ1) is 25.8. The van der Waals surface area contributed by atoms with Crippen LogP contribution in [0.4, 0.5) is 4.79 Å². The molecule has 1 aromatic carbocycles. The molecule has 0 radical (unpaired) electrons. The highest BCUT2D eigenvalue weighted by Crippen LogP contribution is 2.35. The predicted octanol–water partition coefficient (Wildman–Crippen LogP) is 5.25. The molecule has 0 bridgehead atoms. The topological polar surface area (TPSA) is 134 Å². The second-order valence-electron chi connectivity index (χ2n) is 9.38. The molecule has 2 amide bonds. The Hall–Kier alpha value is -3.83. The smallest absolute Gasteiger partial charge is 0.405 e. The summed E-state index contributed by atoms with van der Waals surface area (Å²) >= 11 is 7.86. The summed E-state index contributed by atoms with van der Waals surface area (Å²) in [5, 5.41) is 23.2. The van der Waals surface area contributed by atoms with E-state index in [1.807, 2.05) is 42.6 Å². The molecule has 38 heavy (non-hydrogen) atoms. The van der Waals surface area contributed by atoms with Crippen molar-refractivity contribution in [2.45, 2.75) is 44.7 Å². The van der Waals surface area contributed by atoms with Crippen LogP contribution in [0.3, 0.4) is 0 Å². The predicted molar refractivity (Wildman–Crippen MR) is 141 cm³/mol. The maximum atomic E-state index is 13.5. The highest BCUT2D eigenvalue weighted by Gasteiger charge is 2.36. The van der Waals surface area contributed by atoms with E-state index in [9.17, 15) is 14.7 Å². The van der Waals surface area contributed by atoms with Gasteiger partial charge in [-0.25, -0.2) is 14.8 Å². The number of nitrogens with one attached hydrogen (secondary N) is 1. The number of nitrogens with zero attached hydrogens (tertiary/aromatic N) is 5. The summed E-state index contributed by atoms with van der Waals surface area (Å²) < 4.78 is 5.91. The number of rotatable bonds is 7. The van der Waals surface area contributed by atoms with Crippen molar-refractivity contribution in [1.82, 2.24) is 30.4 Å². The molecule has 0 aliphatic carbocycles. The van der Waals surface area contributed by atoms with Crippen LogP contribution in [-0.4, -0.2) is 48.7 Å². The van der Waals surface area contributed by atoms with Crippen LogP contribution >= 0.6 is 22.9 Å². The number of benzene rings is 1. The Kier molecular flexibility index (Phi) is 7.13. The number of aryl methyl sites for hydroxylation is 1. The van der Waals surface area contributed by atoms with E-state index in [4.69, 9.17) is 16.0 Å². The maximum Gasteiger partial charge on any atom is 0.405 e. The number of pyridine rings is 1. The zero-order valence-electron chi connectivity index (χ0n) is 20.7. The first-order valence-corrected chi connectivity index (χ1v) is 13.3. The zero-order valence-corrected chi connectivity index (χ0v) is 22.3. The van der Waals surface area contributed by atoms with Crippen molar-refractivity contribution >= 4 is 34.9 Å². The van der Waals surface area contributed by atoms with Gasteiger partial charge in [0.15, 0.2) is 0 Å². The number of carbonyl (C=O) groups excluding carboxylic acids is 1. The monoisotopic (exact) mass is 552 g/mol. The number of carboxylic acid groups (broad SMARTS) is 1. The van der Waals surface area contributed by atoms with Gasteiger partial charge in [0.1, 0.15) is 21.4 Å². The van der Waals surface area contributed by atoms with Crippen LogP contribution in [0.5, 0.6) is 0 Å². The normalized spacial score (nSPS) is 16.8. The molecule has 2 atom stereocenters. The fourth-order valence-electron chi connectivity index (χ4n) is 4.65. The fraction of sp³-hybridized carbons (Fsp3) is 0.308. The van der Waals surface area contributed by atoms with Gasteiger partial charge in [-0.2, -0.15) is 0 Å². The van der Waals surface area contributed by atoms with Crippen LogP contribution in [0, 0.1) is 6.92 Å². The molecule has 196 valence electrons. The van der Waals surface area contributed by atoms with Crippen LogP contribution in [0.1, 0.15) is 58.3 Å². The minimum absolute atomic E-state index is 0.0246. The highest BCUT2D eigenvalue weighted by atomic mass is 35.5. The quantitative estimate of drug-likeness (QED) is 0.297. The van der Waals surface area contributed by atoms with Gasteiger partial charge in [-0.3, -0.25) is 4.79 Å². The number of hydrogen-bond donors (Lipinski definition) is 2. The van der Waals surface area contributed by atoms with E-state index in [0.717, 1.165) is 29.1 Å². The fourth-order valence-corrected chi connectivity index (χ4v) is 5.80. The molecule has 1 aliphatic rings. The molecule has 4 heterocycles. The van der Waals surface area contributed by atoms with Gasteiger partial charge in [0.05, 0.1) is 6.04 Å². The lowest BCUT2D eigenvalue weighted by molar-refractivity contribution is 0.0735. The van der Waals surface area contributed by atoms with E-state index in [1.165, 1.54) is 6.07 Å². The lowest BCUT2D eigenvalue weighted by Gasteiger charge is -2.25. The van der Waals surface area contributed by atoms with E-state index >= 15 is 0 Å². The standard InChI is InChI=1S/C26H25ClN6O4S/c1-15-14-38-22(28-15)19-9-6-10-33(19)23(34)17-11-18(29-20(27)12-17)21-31-32-24(37-21)26(2,30-25(35)36)13-16-7-4-3-5-8-16/h3-5,7-8,11-12,14,19,30H,6,9-10,13H2,1-2H3,(H,35,36)/t19-,26-/m1/s1. The molecule has 3 aromatic heterocycles. The van der Waals surface area contributed by atoms with E-state index in [-0.39, 0.29) is 41.0 Å². The van der Waals surface area contributed by atoms with Gasteiger partial charge >= 0.3 is 6.09 Å². The molecule has 0 spiro atoms. The second kappa shape index (κ2) is 10.5. The largest absolute Gasteiger partial charge is 0.465 e. The summed E-state index contributed by atoms with van der Waals surface area (Å²) in [4.78, 5) is 35.8. The van der Waals surface area contributed by atoms with Crippen molar-refractivity contribution in [1.29, 1.82) is 0 Å². The van der Waals surface area contributed by atoms with E-state index in [2.05, 4.69) is 25.5 Å². The van der Waals surface area contributed by atoms with Crippen LogP contribution in [0.25, 0.3) is 11.6 Å². The zero-order chi connectivity index (χ0) is 26.9. The number of aromatic nitrogens is 4. The van der Waals surface area contributed by atoms with Gasteiger partial charge in [0.2, 0.25) is 5.89 Å². The minimum Gasteiger partial charge on any atom is -0.465 e. The molecule has 2 N–H and O–H groups in total. The van der Waals surface area contributed by atoms with Gasteiger partial charge in [0.25, 0.3) is 11.8 Å². The Balaban J connectivity index is 1.44. The summed E-state index contributed by atoms with van der Waals surface area (Å²) in [7, 11) is 0. The van der Waals surface area contributed by atoms with Crippen molar-refractivity contribution in [3.8, 4) is 11.6 Å². The first-order valence-electron chi connectivity index (χ1n) is 12.0. The molecule has 0 saturated carbocycles. The van der Waals surface area contributed by atoms with Crippen LogP contribution < -0.4 is 5.32 Å². The Morgan fingerprint density at radius 3 is 2.74 bits per heavy atom. The third-order valence-electron chi connectivity index (χ3n) is 6.38. The Bertz CT molecular complexity index is 1480. The number of likely N-dealkylation sites (tertiary alicyclic amines) is 1. The second-order valence-corrected chi connectivity index (χ2v) is 10.7. The minimum atomic E-state index is -1.23. The van der Waals surface area contributed by atoms with Crippen molar-refractivity contribution in [2.75, 3.05) is 6.54 Å². The lowest BCUT2D eigenvalue weighted by Crippen LogP contribution is -2.44. The highest BCUT2D eigenvalue weighted by molar-refractivity contribution is 7.09. The lowest BCUT2D eigenvalue weighted by atomic mass is 9.93. The van der Waals surface area contributed by atoms with Crippen molar-refractivity contribution in [3.05, 3.63) is 80.7 Å². The molecule has 5 rings (SSSR count). The third kappa shape index (κ3) is 5.39. The molecule has 0 unspecified atom stereocenters. The summed E-state index contributed by atoms with van der Waals surface area (Å²) in [6.45, 7) is 4.21. The average molecular weight is 553 g/mol. The number of thiazole rings is 1. The van der Waals surface area contributed by atoms with E-state index < -0.39 is 11.6 Å².